The summed E-state index contributed by atoms with van der Waals surface area (Å²) in [6.07, 6.45) is 3.78. The van der Waals surface area contributed by atoms with Gasteiger partial charge in [-0.2, -0.15) is 11.8 Å². The van der Waals surface area contributed by atoms with Gasteiger partial charge in [0.2, 0.25) is 0 Å². The van der Waals surface area contributed by atoms with Gasteiger partial charge in [-0.15, -0.1) is 0 Å². The van der Waals surface area contributed by atoms with Crippen molar-refractivity contribution in [3.05, 3.63) is 34.9 Å². The van der Waals surface area contributed by atoms with E-state index in [1.807, 2.05) is 30.0 Å². The third kappa shape index (κ3) is 3.23. The molecule has 2 N–H and O–H groups in total. The number of thioether (sulfide) groups is 1. The summed E-state index contributed by atoms with van der Waals surface area (Å²) >= 11 is 8.16. The molecule has 0 aromatic heterocycles. The van der Waals surface area contributed by atoms with E-state index in [0.717, 1.165) is 10.8 Å². The molecule has 18 heavy (non-hydrogen) atoms. The lowest BCUT2D eigenvalue weighted by Crippen LogP contribution is -2.48. The quantitative estimate of drug-likeness (QED) is 0.885. The van der Waals surface area contributed by atoms with Crippen molar-refractivity contribution in [2.45, 2.75) is 50.2 Å². The molecule has 1 aliphatic carbocycles. The fraction of sp³-hybridized carbons (Fsp3) is 0.600. The highest BCUT2D eigenvalue weighted by atomic mass is 35.5. The molecular weight excluding hydrogens is 262 g/mol. The van der Waals surface area contributed by atoms with Crippen molar-refractivity contribution in [2.24, 2.45) is 11.1 Å². The standard InChI is InChI=1S/C15H22ClNS/c1-15(2)9-5-8-13(14(15)17)18-10-11-6-3-4-7-12(11)16/h3-4,6-7,13-14H,5,8-10,17H2,1-2H3. The van der Waals surface area contributed by atoms with Crippen molar-refractivity contribution >= 4 is 23.4 Å². The molecule has 2 unspecified atom stereocenters. The van der Waals surface area contributed by atoms with Crippen LogP contribution < -0.4 is 5.73 Å². The zero-order valence-corrected chi connectivity index (χ0v) is 12.7. The molecule has 2 rings (SSSR count). The van der Waals surface area contributed by atoms with Crippen LogP contribution in [-0.4, -0.2) is 11.3 Å². The van der Waals surface area contributed by atoms with Crippen molar-refractivity contribution in [2.75, 3.05) is 0 Å². The summed E-state index contributed by atoms with van der Waals surface area (Å²) in [5.74, 6) is 0.966. The van der Waals surface area contributed by atoms with Crippen LogP contribution in [0.5, 0.6) is 0 Å². The van der Waals surface area contributed by atoms with Crippen molar-refractivity contribution in [1.29, 1.82) is 0 Å². The van der Waals surface area contributed by atoms with Gasteiger partial charge in [0.1, 0.15) is 0 Å². The molecule has 0 spiro atoms. The minimum Gasteiger partial charge on any atom is -0.326 e. The SMILES string of the molecule is CC1(C)CCCC(SCc2ccccc2Cl)C1N. The van der Waals surface area contributed by atoms with Crippen LogP contribution in [0.4, 0.5) is 0 Å². The van der Waals surface area contributed by atoms with Gasteiger partial charge < -0.3 is 5.73 Å². The lowest BCUT2D eigenvalue weighted by atomic mass is 9.73. The lowest BCUT2D eigenvalue weighted by Gasteiger charge is -2.41. The van der Waals surface area contributed by atoms with E-state index in [0.29, 0.717) is 11.3 Å². The first-order valence-electron chi connectivity index (χ1n) is 6.61. The van der Waals surface area contributed by atoms with Crippen LogP contribution in [0.2, 0.25) is 5.02 Å². The summed E-state index contributed by atoms with van der Waals surface area (Å²) in [5.41, 5.74) is 7.90. The smallest absolute Gasteiger partial charge is 0.0446 e. The molecule has 0 bridgehead atoms. The fourth-order valence-corrected chi connectivity index (χ4v) is 4.44. The summed E-state index contributed by atoms with van der Waals surface area (Å²) in [7, 11) is 0. The third-order valence-corrected chi connectivity index (χ3v) is 5.83. The second-order valence-corrected chi connectivity index (χ2v) is 7.48. The van der Waals surface area contributed by atoms with E-state index >= 15 is 0 Å². The number of hydrogen-bond donors (Lipinski definition) is 1. The minimum atomic E-state index is 0.274. The Balaban J connectivity index is 1.96. The van der Waals surface area contributed by atoms with Gasteiger partial charge in [0.05, 0.1) is 0 Å². The van der Waals surface area contributed by atoms with Gasteiger partial charge in [-0.1, -0.05) is 50.1 Å². The van der Waals surface area contributed by atoms with Gasteiger partial charge in [0, 0.05) is 22.1 Å². The number of nitrogens with two attached hydrogens (primary N) is 1. The van der Waals surface area contributed by atoms with Crippen LogP contribution in [0.15, 0.2) is 24.3 Å². The Labute approximate surface area is 119 Å². The first kappa shape index (κ1) is 14.2. The number of rotatable bonds is 3. The van der Waals surface area contributed by atoms with Crippen LogP contribution in [-0.2, 0) is 5.75 Å². The molecule has 0 saturated heterocycles. The molecule has 1 aromatic carbocycles. The monoisotopic (exact) mass is 283 g/mol. The highest BCUT2D eigenvalue weighted by Crippen LogP contribution is 2.40. The van der Waals surface area contributed by atoms with E-state index in [1.165, 1.54) is 24.8 Å². The molecule has 0 amide bonds. The lowest BCUT2D eigenvalue weighted by molar-refractivity contribution is 0.208. The van der Waals surface area contributed by atoms with Gasteiger partial charge >= 0.3 is 0 Å². The summed E-state index contributed by atoms with van der Waals surface area (Å²) in [6.45, 7) is 4.58. The van der Waals surface area contributed by atoms with Gasteiger partial charge in [-0.3, -0.25) is 0 Å². The summed E-state index contributed by atoms with van der Waals surface area (Å²) < 4.78 is 0. The van der Waals surface area contributed by atoms with Gasteiger partial charge in [-0.25, -0.2) is 0 Å². The third-order valence-electron chi connectivity index (χ3n) is 4.02. The van der Waals surface area contributed by atoms with E-state index in [9.17, 15) is 0 Å². The zero-order valence-electron chi connectivity index (χ0n) is 11.2. The van der Waals surface area contributed by atoms with Crippen molar-refractivity contribution < 1.29 is 0 Å². The number of benzene rings is 1. The van der Waals surface area contributed by atoms with Gasteiger partial charge in [0.25, 0.3) is 0 Å². The minimum absolute atomic E-state index is 0.274. The van der Waals surface area contributed by atoms with Crippen LogP contribution in [0.3, 0.4) is 0 Å². The van der Waals surface area contributed by atoms with E-state index in [-0.39, 0.29) is 5.41 Å². The maximum absolute atomic E-state index is 6.41. The second-order valence-electron chi connectivity index (χ2n) is 5.85. The van der Waals surface area contributed by atoms with Crippen LogP contribution in [0, 0.1) is 5.41 Å². The average Bonchev–Trinajstić information content (AvgIpc) is 2.33. The summed E-state index contributed by atoms with van der Waals surface area (Å²) in [5, 5.41) is 1.43. The molecule has 1 nitrogen and oxygen atoms in total. The molecule has 0 heterocycles. The van der Waals surface area contributed by atoms with E-state index in [1.54, 1.807) is 0 Å². The molecule has 0 radical (unpaired) electrons. The first-order chi connectivity index (χ1) is 8.50. The average molecular weight is 284 g/mol. The normalized spacial score (nSPS) is 27.1. The molecule has 3 heteroatoms. The maximum atomic E-state index is 6.41. The molecular formula is C15H22ClNS. The van der Waals surface area contributed by atoms with Gasteiger partial charge in [0.15, 0.2) is 0 Å². The van der Waals surface area contributed by atoms with Crippen molar-refractivity contribution in [3.63, 3.8) is 0 Å². The maximum Gasteiger partial charge on any atom is 0.0446 e. The molecule has 2 atom stereocenters. The zero-order chi connectivity index (χ0) is 13.2. The van der Waals surface area contributed by atoms with E-state index < -0.39 is 0 Å². The van der Waals surface area contributed by atoms with E-state index in [4.69, 9.17) is 17.3 Å². The predicted octanol–water partition coefficient (Wildman–Crippen LogP) is 4.48. The van der Waals surface area contributed by atoms with Crippen LogP contribution in [0.1, 0.15) is 38.7 Å². The highest BCUT2D eigenvalue weighted by Gasteiger charge is 2.36. The molecule has 1 aliphatic rings. The topological polar surface area (TPSA) is 26.0 Å². The van der Waals surface area contributed by atoms with Gasteiger partial charge in [-0.05, 0) is 29.9 Å². The molecule has 1 saturated carbocycles. The molecule has 1 aromatic rings. The largest absolute Gasteiger partial charge is 0.326 e. The van der Waals surface area contributed by atoms with Crippen LogP contribution >= 0.6 is 23.4 Å². The Morgan fingerprint density at radius 1 is 1.39 bits per heavy atom. The van der Waals surface area contributed by atoms with Crippen LogP contribution in [0.25, 0.3) is 0 Å². The first-order valence-corrected chi connectivity index (χ1v) is 8.04. The second kappa shape index (κ2) is 5.85. The molecule has 100 valence electrons. The fourth-order valence-electron chi connectivity index (χ4n) is 2.61. The Morgan fingerprint density at radius 2 is 2.11 bits per heavy atom. The van der Waals surface area contributed by atoms with Crippen molar-refractivity contribution in [1.82, 2.24) is 0 Å². The Hall–Kier alpha value is -0.180. The summed E-state index contributed by atoms with van der Waals surface area (Å²) in [6, 6.07) is 8.38. The molecule has 1 fully saturated rings. The Kier molecular flexibility index (Phi) is 4.63. The predicted molar refractivity (Wildman–Crippen MR) is 82.1 cm³/mol. The van der Waals surface area contributed by atoms with Crippen molar-refractivity contribution in [3.8, 4) is 0 Å². The number of hydrogen-bond acceptors (Lipinski definition) is 2. The number of halogens is 1. The Morgan fingerprint density at radius 3 is 2.83 bits per heavy atom. The highest BCUT2D eigenvalue weighted by molar-refractivity contribution is 7.99. The van der Waals surface area contributed by atoms with E-state index in [2.05, 4.69) is 19.9 Å². The molecule has 0 aliphatic heterocycles. The summed E-state index contributed by atoms with van der Waals surface area (Å²) in [4.78, 5) is 0. The Bertz CT molecular complexity index is 405.